The van der Waals surface area contributed by atoms with E-state index in [0.29, 0.717) is 31.5 Å². The first-order valence-corrected chi connectivity index (χ1v) is 21.3. The summed E-state index contributed by atoms with van der Waals surface area (Å²) in [6, 6.07) is 37.2. The molecule has 0 aliphatic carbocycles. The Balaban J connectivity index is 0.000000134. The number of carbonyl (C=O) groups is 2. The molecule has 12 rings (SSSR count). The van der Waals surface area contributed by atoms with E-state index in [1.165, 1.54) is 48.2 Å². The molecule has 300 valence electrons. The van der Waals surface area contributed by atoms with Crippen molar-refractivity contribution in [2.24, 2.45) is 11.8 Å². The third-order valence-corrected chi connectivity index (χ3v) is 13.0. The molecule has 6 fully saturated rings. The molecule has 0 aromatic heterocycles. The van der Waals surface area contributed by atoms with Crippen molar-refractivity contribution in [2.45, 2.75) is 69.7 Å². The average Bonchev–Trinajstić information content (AvgIpc) is 3.27. The number of hydrogen-bond acceptors (Lipinski definition) is 7. The maximum Gasteiger partial charge on any atom is 0.410 e. The van der Waals surface area contributed by atoms with Crippen molar-refractivity contribution >= 4 is 12.2 Å². The second kappa shape index (κ2) is 18.3. The first-order valence-electron chi connectivity index (χ1n) is 21.3. The van der Waals surface area contributed by atoms with Gasteiger partial charge in [0.05, 0.1) is 24.8 Å². The van der Waals surface area contributed by atoms with Crippen LogP contribution in [0.3, 0.4) is 0 Å². The van der Waals surface area contributed by atoms with E-state index in [-0.39, 0.29) is 36.5 Å². The minimum Gasteiger partial charge on any atom is -0.450 e. The maximum atomic E-state index is 13.2. The highest BCUT2D eigenvalue weighted by molar-refractivity contribution is 5.71. The van der Waals surface area contributed by atoms with E-state index in [4.69, 9.17) is 9.47 Å². The van der Waals surface area contributed by atoms with Crippen LogP contribution in [0.15, 0.2) is 109 Å². The zero-order valence-electron chi connectivity index (χ0n) is 33.3. The predicted molar refractivity (Wildman–Crippen MR) is 222 cm³/mol. The maximum absolute atomic E-state index is 13.2. The van der Waals surface area contributed by atoms with Gasteiger partial charge in [0.1, 0.15) is 6.10 Å². The number of carbonyl (C=O) groups excluding carboxylic acids is 2. The van der Waals surface area contributed by atoms with E-state index in [1.807, 2.05) is 59.2 Å². The monoisotopic (exact) mass is 770 g/mol. The molecular weight excluding hydrogens is 713 g/mol. The molecular formula is C48H58N4O5. The highest BCUT2D eigenvalue weighted by atomic mass is 16.6. The smallest absolute Gasteiger partial charge is 0.410 e. The highest BCUT2D eigenvalue weighted by Crippen LogP contribution is 2.38. The summed E-state index contributed by atoms with van der Waals surface area (Å²) in [6.45, 7) is 10.2. The Labute approximate surface area is 338 Å². The zero-order valence-corrected chi connectivity index (χ0v) is 33.3. The summed E-state index contributed by atoms with van der Waals surface area (Å²) in [4.78, 5) is 34.1. The number of ether oxygens (including phenoxy) is 2. The van der Waals surface area contributed by atoms with Gasteiger partial charge in [0.25, 0.3) is 0 Å². The lowest BCUT2D eigenvalue weighted by Crippen LogP contribution is -2.53. The summed E-state index contributed by atoms with van der Waals surface area (Å²) in [5.41, 5.74) is 7.34. The van der Waals surface area contributed by atoms with E-state index in [0.717, 1.165) is 63.0 Å². The standard InChI is InChI=1S/C23H26N2O2.C18H19NO2.C7H13NO/c26-23(27-21-16-24-13-10-18(21)11-14-24)25-15-12-17-6-4-5-9-20(17)22(25)19-7-2-1-3-8-19;1-2-21-18(20)19-13-12-14-8-6-7-11-16(14)17(19)15-9-4-3-5-10-15;9-7-5-8-3-1-6(7)2-4-8/h1-9,18,21-22H,10-16H2;3-11,17H,2,12-13H2,1H3;6-7,9H,1-5H2/t21-,22+;17-;7-/m100/s1. The van der Waals surface area contributed by atoms with Crippen LogP contribution in [0.1, 0.15) is 78.1 Å². The second-order valence-electron chi connectivity index (χ2n) is 16.4. The molecule has 57 heavy (non-hydrogen) atoms. The van der Waals surface area contributed by atoms with Crippen LogP contribution in [0.2, 0.25) is 0 Å². The fourth-order valence-corrected chi connectivity index (χ4v) is 9.90. The number of amides is 2. The van der Waals surface area contributed by atoms with Crippen molar-refractivity contribution in [3.05, 3.63) is 143 Å². The molecule has 0 saturated carbocycles. The van der Waals surface area contributed by atoms with Crippen molar-refractivity contribution in [1.29, 1.82) is 0 Å². The number of aliphatic hydroxyl groups excluding tert-OH is 1. The quantitative estimate of drug-likeness (QED) is 0.228. The van der Waals surface area contributed by atoms with Gasteiger partial charge in [-0.15, -0.1) is 0 Å². The second-order valence-corrected chi connectivity index (χ2v) is 16.4. The van der Waals surface area contributed by atoms with Gasteiger partial charge in [0.15, 0.2) is 0 Å². The Morgan fingerprint density at radius 2 is 1.04 bits per heavy atom. The SMILES string of the molecule is CCOC(=O)N1CCc2ccccc2[C@@H]1c1ccccc1.O=C(O[C@@H]1CN2CCC1CC2)N1CCc2ccccc2[C@@H]1c1ccccc1.O[C@H]1CN2CCC1CC2. The van der Waals surface area contributed by atoms with Crippen LogP contribution in [0.5, 0.6) is 0 Å². The average molecular weight is 771 g/mol. The molecule has 6 saturated heterocycles. The molecule has 0 radical (unpaired) electrons. The number of piperidine rings is 6. The summed E-state index contributed by atoms with van der Waals surface area (Å²) >= 11 is 0. The first kappa shape index (κ1) is 39.1. The lowest BCUT2D eigenvalue weighted by atomic mass is 9.86. The van der Waals surface area contributed by atoms with Crippen molar-refractivity contribution in [3.8, 4) is 0 Å². The first-order chi connectivity index (χ1) is 28.0. The van der Waals surface area contributed by atoms with Crippen molar-refractivity contribution in [1.82, 2.24) is 19.6 Å². The molecule has 4 atom stereocenters. The molecule has 0 unspecified atom stereocenters. The minimum absolute atomic E-state index is 0.00694. The van der Waals surface area contributed by atoms with E-state index >= 15 is 0 Å². The number of rotatable bonds is 4. The predicted octanol–water partition coefficient (Wildman–Crippen LogP) is 7.73. The van der Waals surface area contributed by atoms with Crippen LogP contribution in [0.4, 0.5) is 9.59 Å². The molecule has 9 heteroatoms. The zero-order chi connectivity index (χ0) is 39.1. The highest BCUT2D eigenvalue weighted by Gasteiger charge is 2.40. The fourth-order valence-electron chi connectivity index (χ4n) is 9.90. The van der Waals surface area contributed by atoms with Gasteiger partial charge >= 0.3 is 12.2 Å². The molecule has 9 nitrogen and oxygen atoms in total. The van der Waals surface area contributed by atoms with Crippen molar-refractivity contribution in [2.75, 3.05) is 59.0 Å². The molecule has 8 aliphatic rings. The normalized spacial score (nSPS) is 28.0. The number of aliphatic hydroxyl groups is 1. The van der Waals surface area contributed by atoms with Gasteiger partial charge in [-0.1, -0.05) is 109 Å². The Hall–Kier alpha value is -4.70. The van der Waals surface area contributed by atoms with Crippen molar-refractivity contribution < 1.29 is 24.2 Å². The van der Waals surface area contributed by atoms with E-state index in [2.05, 4.69) is 76.5 Å². The van der Waals surface area contributed by atoms with Gasteiger partial charge in [-0.2, -0.15) is 0 Å². The molecule has 0 spiro atoms. The molecule has 8 heterocycles. The van der Waals surface area contributed by atoms with Crippen LogP contribution in [0.25, 0.3) is 0 Å². The van der Waals surface area contributed by atoms with Gasteiger partial charge < -0.3 is 19.5 Å². The van der Waals surface area contributed by atoms with E-state index in [9.17, 15) is 14.7 Å². The third kappa shape index (κ3) is 8.91. The summed E-state index contributed by atoms with van der Waals surface area (Å²) in [6.07, 6.45) is 6.17. The summed E-state index contributed by atoms with van der Waals surface area (Å²) in [7, 11) is 0. The molecule has 4 aromatic rings. The van der Waals surface area contributed by atoms with Gasteiger partial charge in [-0.05, 0) is 117 Å². The van der Waals surface area contributed by atoms with Crippen LogP contribution in [0, 0.1) is 11.8 Å². The number of benzene rings is 4. The largest absolute Gasteiger partial charge is 0.450 e. The summed E-state index contributed by atoms with van der Waals surface area (Å²) < 4.78 is 11.3. The van der Waals surface area contributed by atoms with E-state index < -0.39 is 0 Å². The van der Waals surface area contributed by atoms with Gasteiger partial charge in [-0.25, -0.2) is 9.59 Å². The fraction of sp³-hybridized carbons (Fsp3) is 0.458. The lowest BCUT2D eigenvalue weighted by Gasteiger charge is -2.45. The van der Waals surface area contributed by atoms with Crippen LogP contribution < -0.4 is 0 Å². The number of hydrogen-bond donors (Lipinski definition) is 1. The Kier molecular flexibility index (Phi) is 12.5. The van der Waals surface area contributed by atoms with Crippen molar-refractivity contribution in [3.63, 3.8) is 0 Å². The molecule has 4 aromatic carbocycles. The van der Waals surface area contributed by atoms with Gasteiger partial charge in [-0.3, -0.25) is 14.7 Å². The van der Waals surface area contributed by atoms with Gasteiger partial charge in [0.2, 0.25) is 0 Å². The van der Waals surface area contributed by atoms with Crippen LogP contribution in [-0.4, -0.2) is 108 Å². The third-order valence-electron chi connectivity index (χ3n) is 13.0. The Bertz CT molecular complexity index is 1930. The number of fused-ring (bicyclic) bond motifs is 8. The Morgan fingerprint density at radius 1 is 0.579 bits per heavy atom. The molecule has 1 N–H and O–H groups in total. The molecule has 8 aliphatic heterocycles. The summed E-state index contributed by atoms with van der Waals surface area (Å²) in [5, 5.41) is 9.36. The topological polar surface area (TPSA) is 85.8 Å². The Morgan fingerprint density at radius 3 is 1.46 bits per heavy atom. The minimum atomic E-state index is -0.235. The van der Waals surface area contributed by atoms with E-state index in [1.54, 1.807) is 0 Å². The van der Waals surface area contributed by atoms with Gasteiger partial charge in [0, 0.05) is 26.2 Å². The van der Waals surface area contributed by atoms with Crippen LogP contribution >= 0.6 is 0 Å². The molecule has 2 amide bonds. The summed E-state index contributed by atoms with van der Waals surface area (Å²) in [5.74, 6) is 1.17. The lowest BCUT2D eigenvalue weighted by molar-refractivity contribution is -0.0462. The molecule has 4 bridgehead atoms. The van der Waals surface area contributed by atoms with Crippen LogP contribution in [-0.2, 0) is 22.3 Å². The number of nitrogens with zero attached hydrogens (tertiary/aromatic N) is 4.